The van der Waals surface area contributed by atoms with Crippen LogP contribution in [0.15, 0.2) is 60.1 Å². The smallest absolute Gasteiger partial charge is 0.224 e. The van der Waals surface area contributed by atoms with E-state index in [0.717, 1.165) is 42.4 Å². The summed E-state index contributed by atoms with van der Waals surface area (Å²) in [6, 6.07) is 16.5. The molecule has 1 heterocycles. The van der Waals surface area contributed by atoms with Gasteiger partial charge in [0.1, 0.15) is 5.75 Å². The molecule has 216 valence electrons. The fourth-order valence-electron chi connectivity index (χ4n) is 4.86. The number of thioether (sulfide) groups is 1. The summed E-state index contributed by atoms with van der Waals surface area (Å²) < 4.78 is 5.98. The minimum absolute atomic E-state index is 0. The molecule has 0 bridgehead atoms. The first kappa shape index (κ1) is 33.3. The van der Waals surface area contributed by atoms with E-state index in [4.69, 9.17) is 4.74 Å². The molecule has 0 fully saturated rings. The molecule has 0 atom stereocenters. The molecule has 0 saturated carbocycles. The Balaban J connectivity index is 0.00000533. The van der Waals surface area contributed by atoms with E-state index in [1.165, 1.54) is 76.2 Å². The van der Waals surface area contributed by atoms with Crippen LogP contribution >= 0.6 is 28.7 Å². The highest BCUT2D eigenvalue weighted by Gasteiger charge is 2.14. The molecule has 4 nitrogen and oxygen atoms in total. The van der Waals surface area contributed by atoms with E-state index < -0.39 is 0 Å². The maximum Gasteiger partial charge on any atom is 0.224 e. The Hall–Kier alpha value is -1.92. The zero-order valence-electron chi connectivity index (χ0n) is 24.1. The Morgan fingerprint density at radius 2 is 1.51 bits per heavy atom. The number of anilines is 1. The molecular formula is C33H49BrN2O2S. The quantitative estimate of drug-likeness (QED) is 0.147. The van der Waals surface area contributed by atoms with Crippen molar-refractivity contribution in [1.29, 1.82) is 0 Å². The normalized spacial score (nSPS) is 12.4. The van der Waals surface area contributed by atoms with E-state index in [1.54, 1.807) is 18.7 Å². The predicted molar refractivity (Wildman–Crippen MR) is 174 cm³/mol. The third-order valence-electron chi connectivity index (χ3n) is 7.13. The molecule has 3 rings (SSSR count). The molecule has 2 aromatic carbocycles. The van der Waals surface area contributed by atoms with Crippen LogP contribution in [0, 0.1) is 0 Å². The Bertz CT molecular complexity index is 966. The summed E-state index contributed by atoms with van der Waals surface area (Å²) in [4.78, 5) is 16.6. The summed E-state index contributed by atoms with van der Waals surface area (Å²) in [5.41, 5.74) is 3.25. The lowest BCUT2D eigenvalue weighted by molar-refractivity contribution is -0.116. The van der Waals surface area contributed by atoms with Gasteiger partial charge in [-0.15, -0.1) is 28.7 Å². The van der Waals surface area contributed by atoms with Gasteiger partial charge in [-0.2, -0.15) is 0 Å². The molecule has 6 heteroatoms. The number of halogens is 1. The fraction of sp³-hybridized carbons (Fsp3) is 0.545. The second-order valence-electron chi connectivity index (χ2n) is 10.5. The van der Waals surface area contributed by atoms with Crippen LogP contribution in [0.4, 0.5) is 5.69 Å². The second-order valence-corrected chi connectivity index (χ2v) is 11.3. The fourth-order valence-corrected chi connectivity index (χ4v) is 5.57. The lowest BCUT2D eigenvalue weighted by Gasteiger charge is -2.23. The number of rotatable bonds is 19. The number of amides is 1. The van der Waals surface area contributed by atoms with Crippen LogP contribution in [-0.4, -0.2) is 23.3 Å². The van der Waals surface area contributed by atoms with Crippen LogP contribution in [0.2, 0.25) is 0 Å². The van der Waals surface area contributed by atoms with Gasteiger partial charge in [-0.25, -0.2) is 0 Å². The van der Waals surface area contributed by atoms with Gasteiger partial charge in [0, 0.05) is 25.4 Å². The van der Waals surface area contributed by atoms with E-state index in [9.17, 15) is 4.79 Å². The van der Waals surface area contributed by atoms with Crippen LogP contribution < -0.4 is 9.64 Å². The summed E-state index contributed by atoms with van der Waals surface area (Å²) in [5.74, 6) is 1.93. The Labute approximate surface area is 252 Å². The Kier molecular flexibility index (Phi) is 17.1. The topological polar surface area (TPSA) is 32.8 Å². The average molecular weight is 618 g/mol. The van der Waals surface area contributed by atoms with Gasteiger partial charge in [0.25, 0.3) is 0 Å². The maximum absolute atomic E-state index is 12.5. The van der Waals surface area contributed by atoms with Crippen molar-refractivity contribution in [3.8, 4) is 5.75 Å². The van der Waals surface area contributed by atoms with E-state index in [0.29, 0.717) is 6.54 Å². The lowest BCUT2D eigenvalue weighted by Crippen LogP contribution is -2.28. The van der Waals surface area contributed by atoms with E-state index >= 15 is 0 Å². The second kappa shape index (κ2) is 20.0. The predicted octanol–water partition coefficient (Wildman–Crippen LogP) is 9.87. The van der Waals surface area contributed by atoms with Crippen molar-refractivity contribution in [3.63, 3.8) is 0 Å². The number of ether oxygens (including phenoxy) is 1. The number of carbonyl (C=O) groups is 1. The van der Waals surface area contributed by atoms with E-state index in [-0.39, 0.29) is 22.9 Å². The zero-order valence-corrected chi connectivity index (χ0v) is 26.6. The van der Waals surface area contributed by atoms with Crippen LogP contribution in [0.25, 0.3) is 0 Å². The molecule has 0 N–H and O–H groups in total. The zero-order chi connectivity index (χ0) is 26.8. The molecule has 0 aromatic heterocycles. The Morgan fingerprint density at radius 3 is 2.10 bits per heavy atom. The first-order valence-electron chi connectivity index (χ1n) is 14.8. The van der Waals surface area contributed by atoms with Crippen LogP contribution in [0.3, 0.4) is 0 Å². The number of carbonyl (C=O) groups excluding carboxylic acids is 1. The molecular weight excluding hydrogens is 568 g/mol. The first-order valence-corrected chi connectivity index (χ1v) is 15.8. The van der Waals surface area contributed by atoms with Gasteiger partial charge in [-0.05, 0) is 47.2 Å². The van der Waals surface area contributed by atoms with Gasteiger partial charge in [0.2, 0.25) is 5.91 Å². The largest absolute Gasteiger partial charge is 0.494 e. The summed E-state index contributed by atoms with van der Waals surface area (Å²) >= 11 is 1.80. The van der Waals surface area contributed by atoms with Crippen molar-refractivity contribution in [3.05, 3.63) is 71.3 Å². The average Bonchev–Trinajstić information content (AvgIpc) is 3.43. The van der Waals surface area contributed by atoms with Crippen LogP contribution in [0.5, 0.6) is 5.75 Å². The number of benzene rings is 2. The molecule has 1 amide bonds. The highest BCUT2D eigenvalue weighted by molar-refractivity contribution is 8.93. The van der Waals surface area contributed by atoms with Gasteiger partial charge in [0.15, 0.2) is 0 Å². The molecule has 2 aromatic rings. The van der Waals surface area contributed by atoms with E-state index in [1.807, 2.05) is 29.2 Å². The van der Waals surface area contributed by atoms with Crippen molar-refractivity contribution < 1.29 is 9.53 Å². The van der Waals surface area contributed by atoms with Gasteiger partial charge in [-0.1, -0.05) is 102 Å². The molecule has 0 unspecified atom stereocenters. The van der Waals surface area contributed by atoms with Gasteiger partial charge in [0.05, 0.1) is 19.0 Å². The molecule has 1 aliphatic rings. The highest BCUT2D eigenvalue weighted by Crippen LogP contribution is 2.24. The standard InChI is InChI=1S/C33H48N2O2S.BrH/c1-3-4-5-6-7-8-9-10-11-12-13-14-23-37-33-20-18-30(19-21-33)27-35(29(2)36)32-17-15-16-31(25-32)26-34-22-24-38-28-34;/h15-22,24-25H,3-14,23,26-28H2,1-2H3;1H. The summed E-state index contributed by atoms with van der Waals surface area (Å²) in [6.07, 6.45) is 18.3. The van der Waals surface area contributed by atoms with Crippen LogP contribution in [0.1, 0.15) is 102 Å². The molecule has 0 spiro atoms. The van der Waals surface area contributed by atoms with Crippen molar-refractivity contribution in [2.45, 2.75) is 104 Å². The molecule has 1 aliphatic heterocycles. The minimum Gasteiger partial charge on any atom is -0.494 e. The summed E-state index contributed by atoms with van der Waals surface area (Å²) in [5, 5.41) is 2.12. The third kappa shape index (κ3) is 13.3. The van der Waals surface area contributed by atoms with Crippen LogP contribution in [-0.2, 0) is 17.9 Å². The summed E-state index contributed by atoms with van der Waals surface area (Å²) in [7, 11) is 0. The number of unbranched alkanes of at least 4 members (excludes halogenated alkanes) is 11. The number of hydrogen-bond acceptors (Lipinski definition) is 4. The Morgan fingerprint density at radius 1 is 0.872 bits per heavy atom. The first-order chi connectivity index (χ1) is 18.7. The van der Waals surface area contributed by atoms with Crippen molar-refractivity contribution in [1.82, 2.24) is 4.90 Å². The molecule has 0 aliphatic carbocycles. The molecule has 39 heavy (non-hydrogen) atoms. The van der Waals surface area contributed by atoms with Crippen molar-refractivity contribution >= 4 is 40.3 Å². The third-order valence-corrected chi connectivity index (χ3v) is 7.92. The SMILES string of the molecule is Br.CCCCCCCCCCCCCCOc1ccc(CN(C(C)=O)c2cccc(CN3C=CSC3)c2)cc1. The van der Waals surface area contributed by atoms with Gasteiger partial charge in [-0.3, -0.25) is 4.79 Å². The molecule has 0 radical (unpaired) electrons. The monoisotopic (exact) mass is 616 g/mol. The van der Waals surface area contributed by atoms with Gasteiger partial charge < -0.3 is 14.5 Å². The number of hydrogen-bond donors (Lipinski definition) is 0. The lowest BCUT2D eigenvalue weighted by atomic mass is 10.1. The van der Waals surface area contributed by atoms with Gasteiger partial charge >= 0.3 is 0 Å². The van der Waals surface area contributed by atoms with E-state index in [2.05, 4.69) is 47.7 Å². The van der Waals surface area contributed by atoms with Crippen molar-refractivity contribution in [2.24, 2.45) is 0 Å². The summed E-state index contributed by atoms with van der Waals surface area (Å²) in [6.45, 7) is 6.10. The number of nitrogens with zero attached hydrogens (tertiary/aromatic N) is 2. The minimum atomic E-state index is 0. The highest BCUT2D eigenvalue weighted by atomic mass is 79.9. The van der Waals surface area contributed by atoms with Crippen molar-refractivity contribution in [2.75, 3.05) is 17.4 Å². The maximum atomic E-state index is 12.5. The molecule has 0 saturated heterocycles.